The van der Waals surface area contributed by atoms with Gasteiger partial charge in [0.2, 0.25) is 0 Å². The second kappa shape index (κ2) is 4.69. The number of aromatic nitrogens is 1. The molecule has 2 bridgehead atoms. The van der Waals surface area contributed by atoms with E-state index in [0.29, 0.717) is 17.7 Å². The lowest BCUT2D eigenvalue weighted by atomic mass is 9.79. The van der Waals surface area contributed by atoms with Gasteiger partial charge in [-0.25, -0.2) is 0 Å². The van der Waals surface area contributed by atoms with Gasteiger partial charge in [0.05, 0.1) is 0 Å². The molecule has 3 saturated heterocycles. The highest BCUT2D eigenvalue weighted by Gasteiger charge is 2.40. The zero-order valence-corrected chi connectivity index (χ0v) is 10.7. The van der Waals surface area contributed by atoms with E-state index in [0.717, 1.165) is 0 Å². The van der Waals surface area contributed by atoms with Gasteiger partial charge in [0.25, 0.3) is 5.91 Å². The minimum atomic E-state index is -0.0406. The van der Waals surface area contributed by atoms with Gasteiger partial charge in [-0.3, -0.25) is 14.7 Å². The number of hydrogen-bond acceptors (Lipinski definition) is 3. The number of nitrogens with zero attached hydrogens (tertiary/aromatic N) is 2. The summed E-state index contributed by atoms with van der Waals surface area (Å²) >= 11 is 0. The maximum Gasteiger partial charge on any atom is 0.270 e. The van der Waals surface area contributed by atoms with Crippen LogP contribution in [0.5, 0.6) is 0 Å². The van der Waals surface area contributed by atoms with E-state index >= 15 is 0 Å². The molecule has 0 unspecified atom stereocenters. The van der Waals surface area contributed by atoms with Crippen LogP contribution in [0.1, 0.15) is 30.3 Å². The molecule has 4 nitrogen and oxygen atoms in total. The third-order valence-corrected chi connectivity index (χ3v) is 4.37. The molecule has 4 rings (SSSR count). The summed E-state index contributed by atoms with van der Waals surface area (Å²) in [6.07, 6.45) is 4.07. The van der Waals surface area contributed by atoms with Crippen molar-refractivity contribution in [1.82, 2.24) is 15.2 Å². The van der Waals surface area contributed by atoms with Crippen LogP contribution in [0, 0.1) is 5.92 Å². The van der Waals surface area contributed by atoms with Crippen LogP contribution >= 0.6 is 0 Å². The van der Waals surface area contributed by atoms with Crippen LogP contribution in [-0.4, -0.2) is 41.0 Å². The molecular formula is C14H19N3O. The number of nitrogens with one attached hydrogen (secondary N) is 1. The third-order valence-electron chi connectivity index (χ3n) is 4.37. The predicted molar refractivity (Wildman–Crippen MR) is 69.3 cm³/mol. The smallest absolute Gasteiger partial charge is 0.270 e. The highest BCUT2D eigenvalue weighted by atomic mass is 16.2. The number of piperidine rings is 3. The van der Waals surface area contributed by atoms with E-state index in [4.69, 9.17) is 0 Å². The van der Waals surface area contributed by atoms with Crippen LogP contribution in [0.2, 0.25) is 0 Å². The lowest BCUT2D eigenvalue weighted by Gasteiger charge is -2.49. The minimum absolute atomic E-state index is 0.0406. The molecular weight excluding hydrogens is 226 g/mol. The maximum absolute atomic E-state index is 12.1. The molecule has 3 aliphatic rings. The molecule has 2 atom stereocenters. The van der Waals surface area contributed by atoms with Crippen LogP contribution in [0.3, 0.4) is 0 Å². The van der Waals surface area contributed by atoms with Gasteiger partial charge in [-0.05, 0) is 50.9 Å². The SMILES string of the molecule is C[C@H]1[C@H](NC(=O)c2ccccn2)C2CCN1CC2. The average molecular weight is 245 g/mol. The molecule has 1 amide bonds. The van der Waals surface area contributed by atoms with Crippen molar-refractivity contribution in [3.05, 3.63) is 30.1 Å². The molecule has 96 valence electrons. The Morgan fingerprint density at radius 2 is 2.17 bits per heavy atom. The van der Waals surface area contributed by atoms with Gasteiger partial charge < -0.3 is 5.32 Å². The number of carbonyl (C=O) groups excluding carboxylic acids is 1. The molecule has 0 aromatic carbocycles. The first kappa shape index (κ1) is 11.7. The van der Waals surface area contributed by atoms with Gasteiger partial charge >= 0.3 is 0 Å². The van der Waals surface area contributed by atoms with Gasteiger partial charge in [0, 0.05) is 18.3 Å². The number of carbonyl (C=O) groups is 1. The maximum atomic E-state index is 12.1. The summed E-state index contributed by atoms with van der Waals surface area (Å²) in [5.41, 5.74) is 0.515. The molecule has 1 aromatic heterocycles. The Kier molecular flexibility index (Phi) is 3.04. The molecule has 0 aliphatic carbocycles. The topological polar surface area (TPSA) is 45.2 Å². The molecule has 3 aliphatic heterocycles. The molecule has 1 aromatic rings. The van der Waals surface area contributed by atoms with E-state index in [-0.39, 0.29) is 11.9 Å². The first-order valence-electron chi connectivity index (χ1n) is 6.71. The molecule has 0 radical (unpaired) electrons. The fraction of sp³-hybridized carbons (Fsp3) is 0.571. The largest absolute Gasteiger partial charge is 0.346 e. The number of hydrogen-bond donors (Lipinski definition) is 1. The lowest BCUT2D eigenvalue weighted by Crippen LogP contribution is -2.62. The molecule has 4 heteroatoms. The van der Waals surface area contributed by atoms with Crippen molar-refractivity contribution in [3.63, 3.8) is 0 Å². The summed E-state index contributed by atoms with van der Waals surface area (Å²) in [6.45, 7) is 4.58. The monoisotopic (exact) mass is 245 g/mol. The Bertz CT molecular complexity index is 424. The molecule has 0 spiro atoms. The van der Waals surface area contributed by atoms with Gasteiger partial charge in [0.15, 0.2) is 0 Å². The minimum Gasteiger partial charge on any atom is -0.346 e. The standard InChI is InChI=1S/C14H19N3O/c1-10-13(11-5-8-17(10)9-6-11)16-14(18)12-4-2-3-7-15-12/h2-4,7,10-11,13H,5-6,8-9H2,1H3,(H,16,18)/t10-,13-/m0/s1. The summed E-state index contributed by atoms with van der Waals surface area (Å²) < 4.78 is 0. The van der Waals surface area contributed by atoms with E-state index in [1.807, 2.05) is 12.1 Å². The Morgan fingerprint density at radius 3 is 2.78 bits per heavy atom. The average Bonchev–Trinajstić information content (AvgIpc) is 2.44. The van der Waals surface area contributed by atoms with Crippen LogP contribution in [0.15, 0.2) is 24.4 Å². The number of fused-ring (bicyclic) bond motifs is 3. The molecule has 1 N–H and O–H groups in total. The summed E-state index contributed by atoms with van der Waals surface area (Å²) in [4.78, 5) is 18.7. The van der Waals surface area contributed by atoms with Crippen LogP contribution in [0.25, 0.3) is 0 Å². The van der Waals surface area contributed by atoms with E-state index in [9.17, 15) is 4.79 Å². The van der Waals surface area contributed by atoms with Crippen LogP contribution in [0.4, 0.5) is 0 Å². The molecule has 0 saturated carbocycles. The fourth-order valence-electron chi connectivity index (χ4n) is 3.27. The number of pyridine rings is 1. The van der Waals surface area contributed by atoms with Crippen molar-refractivity contribution >= 4 is 5.91 Å². The zero-order valence-electron chi connectivity index (χ0n) is 10.7. The van der Waals surface area contributed by atoms with Crippen LogP contribution in [-0.2, 0) is 0 Å². The molecule has 3 fully saturated rings. The number of rotatable bonds is 2. The zero-order chi connectivity index (χ0) is 12.5. The summed E-state index contributed by atoms with van der Waals surface area (Å²) in [7, 11) is 0. The van der Waals surface area contributed by atoms with Crippen molar-refractivity contribution < 1.29 is 4.79 Å². The first-order valence-corrected chi connectivity index (χ1v) is 6.71. The highest BCUT2D eigenvalue weighted by molar-refractivity contribution is 5.92. The summed E-state index contributed by atoms with van der Waals surface area (Å²) in [5, 5.41) is 3.17. The Morgan fingerprint density at radius 1 is 1.39 bits per heavy atom. The van der Waals surface area contributed by atoms with E-state index in [1.54, 1.807) is 12.3 Å². The summed E-state index contributed by atoms with van der Waals surface area (Å²) in [5.74, 6) is 0.596. The molecule has 18 heavy (non-hydrogen) atoms. The number of amides is 1. The Balaban J connectivity index is 1.71. The second-order valence-corrected chi connectivity index (χ2v) is 5.33. The van der Waals surface area contributed by atoms with Gasteiger partial charge in [0.1, 0.15) is 5.69 Å². The quantitative estimate of drug-likeness (QED) is 0.854. The van der Waals surface area contributed by atoms with Gasteiger partial charge in [-0.1, -0.05) is 6.07 Å². The van der Waals surface area contributed by atoms with Gasteiger partial charge in [-0.2, -0.15) is 0 Å². The first-order chi connectivity index (χ1) is 8.75. The van der Waals surface area contributed by atoms with Crippen molar-refractivity contribution in [2.75, 3.05) is 13.1 Å². The normalized spacial score (nSPS) is 34.3. The van der Waals surface area contributed by atoms with Gasteiger partial charge in [-0.15, -0.1) is 0 Å². The lowest BCUT2D eigenvalue weighted by molar-refractivity contribution is 0.0216. The molecule has 4 heterocycles. The summed E-state index contributed by atoms with van der Waals surface area (Å²) in [6, 6.07) is 6.17. The Hall–Kier alpha value is -1.42. The van der Waals surface area contributed by atoms with Crippen molar-refractivity contribution in [2.24, 2.45) is 5.92 Å². The van der Waals surface area contributed by atoms with E-state index < -0.39 is 0 Å². The predicted octanol–water partition coefficient (Wildman–Crippen LogP) is 1.29. The van der Waals surface area contributed by atoms with E-state index in [2.05, 4.69) is 22.1 Å². The van der Waals surface area contributed by atoms with E-state index in [1.165, 1.54) is 25.9 Å². The van der Waals surface area contributed by atoms with Crippen molar-refractivity contribution in [1.29, 1.82) is 0 Å². The Labute approximate surface area is 107 Å². The third kappa shape index (κ3) is 2.01. The van der Waals surface area contributed by atoms with Crippen molar-refractivity contribution in [2.45, 2.75) is 31.8 Å². The fourth-order valence-corrected chi connectivity index (χ4v) is 3.27. The second-order valence-electron chi connectivity index (χ2n) is 5.33. The van der Waals surface area contributed by atoms with Crippen molar-refractivity contribution in [3.8, 4) is 0 Å². The highest BCUT2D eigenvalue weighted by Crippen LogP contribution is 2.32. The van der Waals surface area contributed by atoms with Crippen LogP contribution < -0.4 is 5.32 Å².